The summed E-state index contributed by atoms with van der Waals surface area (Å²) in [5.74, 6) is 5.99. The average molecular weight is 179 g/mol. The average Bonchev–Trinajstić information content (AvgIpc) is 2.39. The summed E-state index contributed by atoms with van der Waals surface area (Å²) >= 11 is 0. The van der Waals surface area contributed by atoms with E-state index in [4.69, 9.17) is 0 Å². The lowest BCUT2D eigenvalue weighted by molar-refractivity contribution is 0.457. The van der Waals surface area contributed by atoms with Crippen molar-refractivity contribution in [1.82, 2.24) is 5.32 Å². The highest BCUT2D eigenvalue weighted by Gasteiger charge is 2.64. The molecule has 0 atom stereocenters. The van der Waals surface area contributed by atoms with Crippen LogP contribution in [0.1, 0.15) is 41.0 Å². The Bertz CT molecular complexity index is 226. The molecule has 1 saturated carbocycles. The molecule has 0 aromatic carbocycles. The van der Waals surface area contributed by atoms with Gasteiger partial charge in [-0.05, 0) is 17.8 Å². The Balaban J connectivity index is 2.29. The Labute approximate surface area is 82.3 Å². The Morgan fingerprint density at radius 2 is 1.69 bits per heavy atom. The summed E-state index contributed by atoms with van der Waals surface area (Å²) in [7, 11) is 0. The van der Waals surface area contributed by atoms with Crippen LogP contribution in [0.2, 0.25) is 0 Å². The van der Waals surface area contributed by atoms with Crippen LogP contribution in [0.4, 0.5) is 0 Å². The first-order chi connectivity index (χ1) is 5.94. The molecule has 0 radical (unpaired) electrons. The van der Waals surface area contributed by atoms with Gasteiger partial charge in [0.25, 0.3) is 0 Å². The summed E-state index contributed by atoms with van der Waals surface area (Å²) in [4.78, 5) is 0. The fourth-order valence-corrected chi connectivity index (χ4v) is 2.11. The first kappa shape index (κ1) is 10.6. The SMILES string of the molecule is CC#CCCNC1C(C)(C)C1(C)C. The van der Waals surface area contributed by atoms with E-state index >= 15 is 0 Å². The van der Waals surface area contributed by atoms with Crippen LogP contribution >= 0.6 is 0 Å². The molecule has 1 N–H and O–H groups in total. The summed E-state index contributed by atoms with van der Waals surface area (Å²) in [5, 5.41) is 3.57. The van der Waals surface area contributed by atoms with Crippen molar-refractivity contribution in [3.63, 3.8) is 0 Å². The maximum atomic E-state index is 3.57. The van der Waals surface area contributed by atoms with Gasteiger partial charge in [-0.3, -0.25) is 0 Å². The van der Waals surface area contributed by atoms with E-state index in [2.05, 4.69) is 44.9 Å². The quantitative estimate of drug-likeness (QED) is 0.518. The third-order valence-electron chi connectivity index (χ3n) is 3.80. The Hall–Kier alpha value is -0.480. The number of hydrogen-bond donors (Lipinski definition) is 1. The van der Waals surface area contributed by atoms with Gasteiger partial charge in [0.2, 0.25) is 0 Å². The number of rotatable bonds is 3. The van der Waals surface area contributed by atoms with Gasteiger partial charge >= 0.3 is 0 Å². The fraction of sp³-hybridized carbons (Fsp3) is 0.833. The maximum absolute atomic E-state index is 3.57. The molecule has 0 aliphatic heterocycles. The fourth-order valence-electron chi connectivity index (χ4n) is 2.11. The molecule has 0 aromatic heterocycles. The van der Waals surface area contributed by atoms with E-state index in [1.807, 2.05) is 6.92 Å². The third-order valence-corrected chi connectivity index (χ3v) is 3.80. The van der Waals surface area contributed by atoms with Crippen LogP contribution in [-0.4, -0.2) is 12.6 Å². The molecular formula is C12H21N. The summed E-state index contributed by atoms with van der Waals surface area (Å²) in [6.45, 7) is 12.2. The maximum Gasteiger partial charge on any atom is 0.0214 e. The van der Waals surface area contributed by atoms with Crippen molar-refractivity contribution in [2.45, 2.75) is 47.1 Å². The molecule has 13 heavy (non-hydrogen) atoms. The van der Waals surface area contributed by atoms with Crippen LogP contribution in [0, 0.1) is 22.7 Å². The minimum Gasteiger partial charge on any atom is -0.312 e. The first-order valence-corrected chi connectivity index (χ1v) is 5.07. The largest absolute Gasteiger partial charge is 0.312 e. The highest BCUT2D eigenvalue weighted by atomic mass is 15.0. The molecule has 1 nitrogen and oxygen atoms in total. The van der Waals surface area contributed by atoms with Gasteiger partial charge in [0, 0.05) is 19.0 Å². The second kappa shape index (κ2) is 3.35. The van der Waals surface area contributed by atoms with Gasteiger partial charge in [0.15, 0.2) is 0 Å². The Morgan fingerprint density at radius 3 is 2.08 bits per heavy atom. The van der Waals surface area contributed by atoms with Crippen LogP contribution in [0.25, 0.3) is 0 Å². The molecule has 74 valence electrons. The van der Waals surface area contributed by atoms with E-state index in [0.29, 0.717) is 16.9 Å². The molecule has 1 aliphatic carbocycles. The van der Waals surface area contributed by atoms with Gasteiger partial charge in [-0.25, -0.2) is 0 Å². The molecule has 0 aromatic rings. The molecule has 1 heteroatoms. The molecule has 0 heterocycles. The van der Waals surface area contributed by atoms with Crippen LogP contribution in [0.3, 0.4) is 0 Å². The summed E-state index contributed by atoms with van der Waals surface area (Å²) in [5.41, 5.74) is 0.902. The molecule has 1 rings (SSSR count). The second-order valence-electron chi connectivity index (χ2n) is 5.01. The minimum atomic E-state index is 0.451. The monoisotopic (exact) mass is 179 g/mol. The normalized spacial score (nSPS) is 23.5. The van der Waals surface area contributed by atoms with Crippen molar-refractivity contribution in [3.05, 3.63) is 0 Å². The lowest BCUT2D eigenvalue weighted by Gasteiger charge is -2.03. The highest BCUT2D eigenvalue weighted by Crippen LogP contribution is 2.62. The standard InChI is InChI=1S/C12H21N/c1-6-7-8-9-13-10-11(2,3)12(10,4)5/h10,13H,8-9H2,1-5H3. The van der Waals surface area contributed by atoms with Crippen molar-refractivity contribution >= 4 is 0 Å². The van der Waals surface area contributed by atoms with Crippen LogP contribution in [0.5, 0.6) is 0 Å². The lowest BCUT2D eigenvalue weighted by atomic mass is 10.0. The van der Waals surface area contributed by atoms with Gasteiger partial charge in [-0.15, -0.1) is 11.8 Å². The van der Waals surface area contributed by atoms with Gasteiger partial charge < -0.3 is 5.32 Å². The van der Waals surface area contributed by atoms with Gasteiger partial charge in [-0.1, -0.05) is 27.7 Å². The van der Waals surface area contributed by atoms with E-state index in [1.54, 1.807) is 0 Å². The first-order valence-electron chi connectivity index (χ1n) is 5.07. The summed E-state index contributed by atoms with van der Waals surface area (Å²) < 4.78 is 0. The predicted octanol–water partition coefficient (Wildman–Crippen LogP) is 2.42. The van der Waals surface area contributed by atoms with Crippen molar-refractivity contribution in [1.29, 1.82) is 0 Å². The van der Waals surface area contributed by atoms with E-state index in [1.165, 1.54) is 0 Å². The molecule has 0 spiro atoms. The van der Waals surface area contributed by atoms with E-state index in [9.17, 15) is 0 Å². The summed E-state index contributed by atoms with van der Waals surface area (Å²) in [6, 6.07) is 0.665. The molecule has 0 saturated heterocycles. The summed E-state index contributed by atoms with van der Waals surface area (Å²) in [6.07, 6.45) is 0.971. The van der Waals surface area contributed by atoms with Gasteiger partial charge in [-0.2, -0.15) is 0 Å². The van der Waals surface area contributed by atoms with E-state index < -0.39 is 0 Å². The predicted molar refractivity (Wildman–Crippen MR) is 57.4 cm³/mol. The zero-order valence-corrected chi connectivity index (χ0v) is 9.49. The highest BCUT2D eigenvalue weighted by molar-refractivity contribution is 5.17. The molecule has 0 bridgehead atoms. The molecule has 1 fully saturated rings. The van der Waals surface area contributed by atoms with Gasteiger partial charge in [0.1, 0.15) is 0 Å². The zero-order valence-electron chi connectivity index (χ0n) is 9.49. The van der Waals surface area contributed by atoms with Crippen molar-refractivity contribution in [2.75, 3.05) is 6.54 Å². The van der Waals surface area contributed by atoms with Crippen molar-refractivity contribution < 1.29 is 0 Å². The zero-order chi connectivity index (χ0) is 10.1. The molecular weight excluding hydrogens is 158 g/mol. The minimum absolute atomic E-state index is 0.451. The third kappa shape index (κ3) is 1.74. The molecule has 0 unspecified atom stereocenters. The van der Waals surface area contributed by atoms with Crippen molar-refractivity contribution in [3.8, 4) is 11.8 Å². The lowest BCUT2D eigenvalue weighted by Crippen LogP contribution is -2.23. The Morgan fingerprint density at radius 1 is 1.15 bits per heavy atom. The van der Waals surface area contributed by atoms with Crippen molar-refractivity contribution in [2.24, 2.45) is 10.8 Å². The van der Waals surface area contributed by atoms with E-state index in [-0.39, 0.29) is 0 Å². The Kier molecular flexibility index (Phi) is 2.73. The number of nitrogens with one attached hydrogen (secondary N) is 1. The topological polar surface area (TPSA) is 12.0 Å². The molecule has 1 aliphatic rings. The van der Waals surface area contributed by atoms with E-state index in [0.717, 1.165) is 13.0 Å². The smallest absolute Gasteiger partial charge is 0.0214 e. The molecule has 0 amide bonds. The number of hydrogen-bond acceptors (Lipinski definition) is 1. The van der Waals surface area contributed by atoms with Crippen LogP contribution in [-0.2, 0) is 0 Å². The van der Waals surface area contributed by atoms with Gasteiger partial charge in [0.05, 0.1) is 0 Å². The van der Waals surface area contributed by atoms with Crippen LogP contribution in [0.15, 0.2) is 0 Å². The second-order valence-corrected chi connectivity index (χ2v) is 5.01. The van der Waals surface area contributed by atoms with Crippen LogP contribution < -0.4 is 5.32 Å².